The third-order valence-corrected chi connectivity index (χ3v) is 5.15. The van der Waals surface area contributed by atoms with Crippen molar-refractivity contribution >= 4 is 44.9 Å². The zero-order valence-corrected chi connectivity index (χ0v) is 13.2. The van der Waals surface area contributed by atoms with Gasteiger partial charge in [-0.2, -0.15) is 0 Å². The number of thioether (sulfide) groups is 1. The normalized spacial score (nSPS) is 12.7. The number of ketones is 1. The van der Waals surface area contributed by atoms with E-state index in [4.69, 9.17) is 5.73 Å². The van der Waals surface area contributed by atoms with E-state index >= 15 is 0 Å². The standard InChI is InChI=1S/C14H14N4OS2/c1-7-11(9-5-3-4-6-10(9)16-7)12(19)8(2)20-14-18-17-13(15)21-14/h3-6,8,16H,1-2H3,(H2,15,17)/t8-/m0/s1. The molecule has 0 aliphatic rings. The Morgan fingerprint density at radius 1 is 1.38 bits per heavy atom. The predicted molar refractivity (Wildman–Crippen MR) is 87.0 cm³/mol. The van der Waals surface area contributed by atoms with Crippen LogP contribution in [0.1, 0.15) is 23.0 Å². The van der Waals surface area contributed by atoms with E-state index in [9.17, 15) is 4.79 Å². The van der Waals surface area contributed by atoms with Crippen molar-refractivity contribution in [2.24, 2.45) is 0 Å². The number of hydrogen-bond donors (Lipinski definition) is 2. The van der Waals surface area contributed by atoms with Gasteiger partial charge in [0.2, 0.25) is 5.13 Å². The Balaban J connectivity index is 1.91. The molecular formula is C14H14N4OS2. The number of aromatic amines is 1. The van der Waals surface area contributed by atoms with Crippen LogP contribution >= 0.6 is 23.1 Å². The lowest BCUT2D eigenvalue weighted by Crippen LogP contribution is -2.14. The summed E-state index contributed by atoms with van der Waals surface area (Å²) >= 11 is 2.69. The first kappa shape index (κ1) is 14.1. The van der Waals surface area contributed by atoms with Gasteiger partial charge < -0.3 is 10.7 Å². The van der Waals surface area contributed by atoms with Crippen molar-refractivity contribution in [2.75, 3.05) is 5.73 Å². The van der Waals surface area contributed by atoms with E-state index in [0.717, 1.165) is 22.2 Å². The predicted octanol–water partition coefficient (Wildman–Crippen LogP) is 3.27. The minimum Gasteiger partial charge on any atom is -0.374 e. The monoisotopic (exact) mass is 318 g/mol. The van der Waals surface area contributed by atoms with Gasteiger partial charge in [-0.05, 0) is 19.9 Å². The van der Waals surface area contributed by atoms with Crippen LogP contribution in [0.4, 0.5) is 5.13 Å². The molecule has 2 heterocycles. The molecule has 108 valence electrons. The topological polar surface area (TPSA) is 84.7 Å². The molecule has 0 fully saturated rings. The van der Waals surface area contributed by atoms with Crippen LogP contribution < -0.4 is 5.73 Å². The van der Waals surface area contributed by atoms with Gasteiger partial charge in [0.25, 0.3) is 0 Å². The molecule has 3 aromatic rings. The highest BCUT2D eigenvalue weighted by molar-refractivity contribution is 8.02. The average Bonchev–Trinajstić information content (AvgIpc) is 3.00. The number of Topliss-reactive ketones (excluding diaryl/α,β-unsaturated/α-hetero) is 1. The van der Waals surface area contributed by atoms with Crippen LogP contribution in [0.5, 0.6) is 0 Å². The van der Waals surface area contributed by atoms with Crippen molar-refractivity contribution < 1.29 is 4.79 Å². The van der Waals surface area contributed by atoms with Crippen molar-refractivity contribution in [1.29, 1.82) is 0 Å². The maximum atomic E-state index is 12.7. The smallest absolute Gasteiger partial charge is 0.203 e. The van der Waals surface area contributed by atoms with Crippen molar-refractivity contribution in [3.05, 3.63) is 35.5 Å². The van der Waals surface area contributed by atoms with E-state index in [1.54, 1.807) is 0 Å². The Bertz CT molecular complexity index is 808. The van der Waals surface area contributed by atoms with Crippen LogP contribution in [-0.4, -0.2) is 26.2 Å². The molecule has 0 spiro atoms. The maximum absolute atomic E-state index is 12.7. The summed E-state index contributed by atoms with van der Waals surface area (Å²) in [6, 6.07) is 7.83. The minimum absolute atomic E-state index is 0.0868. The number of carbonyl (C=O) groups excluding carboxylic acids is 1. The fourth-order valence-corrected chi connectivity index (χ4v) is 4.11. The summed E-state index contributed by atoms with van der Waals surface area (Å²) in [5, 5.41) is 8.86. The summed E-state index contributed by atoms with van der Waals surface area (Å²) in [4.78, 5) is 16.0. The highest BCUT2D eigenvalue weighted by atomic mass is 32.2. The first-order valence-electron chi connectivity index (χ1n) is 6.43. The van der Waals surface area contributed by atoms with Gasteiger partial charge in [0.15, 0.2) is 10.1 Å². The number of rotatable bonds is 4. The van der Waals surface area contributed by atoms with E-state index in [1.807, 2.05) is 38.1 Å². The van der Waals surface area contributed by atoms with Crippen molar-refractivity contribution in [3.8, 4) is 0 Å². The molecular weight excluding hydrogens is 304 g/mol. The number of carbonyl (C=O) groups is 1. The molecule has 1 aromatic carbocycles. The molecule has 7 heteroatoms. The zero-order valence-electron chi connectivity index (χ0n) is 11.6. The van der Waals surface area contributed by atoms with Crippen LogP contribution in [0, 0.1) is 6.92 Å². The molecule has 5 nitrogen and oxygen atoms in total. The number of aromatic nitrogens is 3. The molecule has 0 radical (unpaired) electrons. The summed E-state index contributed by atoms with van der Waals surface area (Å²) in [7, 11) is 0. The number of anilines is 1. The number of para-hydroxylation sites is 1. The molecule has 0 aliphatic heterocycles. The highest BCUT2D eigenvalue weighted by Crippen LogP contribution is 2.31. The molecule has 0 bridgehead atoms. The van der Waals surface area contributed by atoms with Gasteiger partial charge in [-0.25, -0.2) is 0 Å². The number of aryl methyl sites for hydroxylation is 1. The number of nitrogens with zero attached hydrogens (tertiary/aromatic N) is 2. The average molecular weight is 318 g/mol. The van der Waals surface area contributed by atoms with E-state index < -0.39 is 0 Å². The first-order chi connectivity index (χ1) is 10.1. The molecule has 21 heavy (non-hydrogen) atoms. The third-order valence-electron chi connectivity index (χ3n) is 3.21. The molecule has 3 rings (SSSR count). The molecule has 0 saturated heterocycles. The van der Waals surface area contributed by atoms with Crippen molar-refractivity contribution in [3.63, 3.8) is 0 Å². The van der Waals surface area contributed by atoms with Crippen LogP contribution in [-0.2, 0) is 0 Å². The minimum atomic E-state index is -0.241. The van der Waals surface area contributed by atoms with Crippen molar-refractivity contribution in [1.82, 2.24) is 15.2 Å². The SMILES string of the molecule is Cc1[nH]c2ccccc2c1C(=O)[C@H](C)Sc1nnc(N)s1. The van der Waals surface area contributed by atoms with Gasteiger partial charge in [-0.1, -0.05) is 41.3 Å². The number of nitrogens with one attached hydrogen (secondary N) is 1. The molecule has 0 amide bonds. The van der Waals surface area contributed by atoms with Crippen LogP contribution in [0.15, 0.2) is 28.6 Å². The molecule has 0 saturated carbocycles. The van der Waals surface area contributed by atoms with Gasteiger partial charge in [-0.3, -0.25) is 4.79 Å². The third kappa shape index (κ3) is 2.66. The maximum Gasteiger partial charge on any atom is 0.203 e. The van der Waals surface area contributed by atoms with Gasteiger partial charge in [0.1, 0.15) is 0 Å². The van der Waals surface area contributed by atoms with Crippen LogP contribution in [0.25, 0.3) is 10.9 Å². The quantitative estimate of drug-likeness (QED) is 0.569. The Morgan fingerprint density at radius 2 is 2.14 bits per heavy atom. The van der Waals surface area contributed by atoms with E-state index in [1.165, 1.54) is 23.1 Å². The summed E-state index contributed by atoms with van der Waals surface area (Å²) in [6.07, 6.45) is 0. The molecule has 3 N–H and O–H groups in total. The van der Waals surface area contributed by atoms with Gasteiger partial charge in [0, 0.05) is 22.2 Å². The molecule has 2 aromatic heterocycles. The largest absolute Gasteiger partial charge is 0.374 e. The van der Waals surface area contributed by atoms with E-state index in [2.05, 4.69) is 15.2 Å². The number of nitrogens with two attached hydrogens (primary N) is 1. The number of H-pyrrole nitrogens is 1. The number of benzene rings is 1. The fraction of sp³-hybridized carbons (Fsp3) is 0.214. The highest BCUT2D eigenvalue weighted by Gasteiger charge is 2.23. The second kappa shape index (κ2) is 5.50. The summed E-state index contributed by atoms with van der Waals surface area (Å²) in [5.41, 5.74) is 8.19. The second-order valence-corrected chi connectivity index (χ2v) is 7.30. The Labute approximate surface area is 130 Å². The first-order valence-corrected chi connectivity index (χ1v) is 8.13. The summed E-state index contributed by atoms with van der Waals surface area (Å²) < 4.78 is 0.714. The molecule has 0 unspecified atom stereocenters. The lowest BCUT2D eigenvalue weighted by Gasteiger charge is -2.08. The molecule has 1 atom stereocenters. The van der Waals surface area contributed by atoms with Gasteiger partial charge in [0.05, 0.1) is 5.25 Å². The van der Waals surface area contributed by atoms with Crippen LogP contribution in [0.3, 0.4) is 0 Å². The zero-order chi connectivity index (χ0) is 15.0. The molecule has 0 aliphatic carbocycles. The number of hydrogen-bond acceptors (Lipinski definition) is 6. The Kier molecular flexibility index (Phi) is 3.69. The van der Waals surface area contributed by atoms with Gasteiger partial charge in [-0.15, -0.1) is 10.2 Å². The van der Waals surface area contributed by atoms with E-state index in [-0.39, 0.29) is 11.0 Å². The summed E-state index contributed by atoms with van der Waals surface area (Å²) in [5.74, 6) is 0.0868. The summed E-state index contributed by atoms with van der Waals surface area (Å²) in [6.45, 7) is 3.80. The van der Waals surface area contributed by atoms with Crippen molar-refractivity contribution in [2.45, 2.75) is 23.4 Å². The van der Waals surface area contributed by atoms with Crippen LogP contribution in [0.2, 0.25) is 0 Å². The fourth-order valence-electron chi connectivity index (χ4n) is 2.27. The second-order valence-electron chi connectivity index (χ2n) is 4.70. The number of nitrogen functional groups attached to an aromatic ring is 1. The number of fused-ring (bicyclic) bond motifs is 1. The lowest BCUT2D eigenvalue weighted by molar-refractivity contribution is 0.0995. The van der Waals surface area contributed by atoms with E-state index in [0.29, 0.717) is 9.47 Å². The van der Waals surface area contributed by atoms with Gasteiger partial charge >= 0.3 is 0 Å². The Hall–Kier alpha value is -1.86. The lowest BCUT2D eigenvalue weighted by atomic mass is 10.1. The Morgan fingerprint density at radius 3 is 2.86 bits per heavy atom.